The van der Waals surface area contributed by atoms with Gasteiger partial charge in [-0.25, -0.2) is 0 Å². The van der Waals surface area contributed by atoms with E-state index >= 15 is 0 Å². The number of carbonyl (C=O) groups excluding carboxylic acids is 1. The van der Waals surface area contributed by atoms with E-state index in [0.717, 1.165) is 5.56 Å². The third-order valence-electron chi connectivity index (χ3n) is 2.73. The second kappa shape index (κ2) is 5.71. The molecule has 0 aliphatic carbocycles. The number of amides is 1. The van der Waals surface area contributed by atoms with Gasteiger partial charge in [0.05, 0.1) is 5.56 Å². The van der Waals surface area contributed by atoms with Gasteiger partial charge in [0, 0.05) is 30.7 Å². The van der Waals surface area contributed by atoms with Gasteiger partial charge in [-0.15, -0.1) is 0 Å². The van der Waals surface area contributed by atoms with E-state index in [9.17, 15) is 10.0 Å². The van der Waals surface area contributed by atoms with Crippen LogP contribution in [0.4, 0.5) is 0 Å². The second-order valence-corrected chi connectivity index (χ2v) is 4.67. The molecule has 98 valence electrons. The number of hydrogen-bond donors (Lipinski definition) is 0. The molecule has 2 rings (SSSR count). The van der Waals surface area contributed by atoms with Gasteiger partial charge in [-0.1, -0.05) is 23.7 Å². The monoisotopic (exact) mass is 276 g/mol. The summed E-state index contributed by atoms with van der Waals surface area (Å²) in [6, 6.07) is 10.4. The molecule has 5 heteroatoms. The molecule has 0 saturated heterocycles. The molecule has 4 nitrogen and oxygen atoms in total. The number of nitrogens with zero attached hydrogens (tertiary/aromatic N) is 2. The lowest BCUT2D eigenvalue weighted by molar-refractivity contribution is -0.605. The Morgan fingerprint density at radius 1 is 1.21 bits per heavy atom. The van der Waals surface area contributed by atoms with Crippen LogP contribution < -0.4 is 4.73 Å². The maximum Gasteiger partial charge on any atom is 0.254 e. The van der Waals surface area contributed by atoms with Crippen LogP contribution in [0.1, 0.15) is 15.9 Å². The fraction of sp³-hybridized carbons (Fsp3) is 0.143. The maximum absolute atomic E-state index is 12.1. The standard InChI is InChI=1S/C14H13ClN2O2/c1-16(10-11-2-4-13(15)5-3-11)14(18)12-6-8-17(19)9-7-12/h2-9H,10H2,1H3. The lowest BCUT2D eigenvalue weighted by Crippen LogP contribution is -2.29. The van der Waals surface area contributed by atoms with E-state index < -0.39 is 0 Å². The Labute approximate surface area is 116 Å². The van der Waals surface area contributed by atoms with Crippen LogP contribution in [0.25, 0.3) is 0 Å². The zero-order valence-electron chi connectivity index (χ0n) is 10.4. The minimum absolute atomic E-state index is 0.129. The minimum atomic E-state index is -0.129. The highest BCUT2D eigenvalue weighted by molar-refractivity contribution is 6.30. The van der Waals surface area contributed by atoms with Crippen LogP contribution in [0.15, 0.2) is 48.8 Å². The Bertz CT molecular complexity index is 567. The lowest BCUT2D eigenvalue weighted by Gasteiger charge is -2.17. The zero-order valence-corrected chi connectivity index (χ0v) is 11.2. The van der Waals surface area contributed by atoms with Gasteiger partial charge in [0.15, 0.2) is 12.4 Å². The number of rotatable bonds is 3. The first-order chi connectivity index (χ1) is 9.06. The number of benzene rings is 1. The van der Waals surface area contributed by atoms with Crippen molar-refractivity contribution in [2.75, 3.05) is 7.05 Å². The highest BCUT2D eigenvalue weighted by Gasteiger charge is 2.12. The smallest absolute Gasteiger partial charge is 0.254 e. The first-order valence-electron chi connectivity index (χ1n) is 5.75. The summed E-state index contributed by atoms with van der Waals surface area (Å²) >= 11 is 5.81. The fourth-order valence-corrected chi connectivity index (χ4v) is 1.84. The van der Waals surface area contributed by atoms with Crippen molar-refractivity contribution in [3.8, 4) is 0 Å². The predicted octanol–water partition coefficient (Wildman–Crippen LogP) is 2.25. The molecule has 19 heavy (non-hydrogen) atoms. The molecule has 1 aromatic carbocycles. The van der Waals surface area contributed by atoms with E-state index in [-0.39, 0.29) is 5.91 Å². The van der Waals surface area contributed by atoms with Crippen LogP contribution >= 0.6 is 11.6 Å². The van der Waals surface area contributed by atoms with Crippen molar-refractivity contribution < 1.29 is 9.52 Å². The minimum Gasteiger partial charge on any atom is -0.619 e. The van der Waals surface area contributed by atoms with Crippen molar-refractivity contribution in [3.05, 3.63) is 70.1 Å². The van der Waals surface area contributed by atoms with Gasteiger partial charge < -0.3 is 10.1 Å². The predicted molar refractivity (Wildman–Crippen MR) is 72.7 cm³/mol. The Morgan fingerprint density at radius 2 is 1.79 bits per heavy atom. The van der Waals surface area contributed by atoms with E-state index in [0.29, 0.717) is 21.9 Å². The number of pyridine rings is 1. The molecule has 1 aromatic heterocycles. The third-order valence-corrected chi connectivity index (χ3v) is 2.98. The number of carbonyl (C=O) groups is 1. The van der Waals surface area contributed by atoms with E-state index in [1.54, 1.807) is 24.1 Å². The summed E-state index contributed by atoms with van der Waals surface area (Å²) in [4.78, 5) is 13.7. The van der Waals surface area contributed by atoms with Crippen LogP contribution in [0.5, 0.6) is 0 Å². The van der Waals surface area contributed by atoms with Gasteiger partial charge in [0.1, 0.15) is 0 Å². The molecule has 0 spiro atoms. The van der Waals surface area contributed by atoms with Crippen LogP contribution in [0.3, 0.4) is 0 Å². The van der Waals surface area contributed by atoms with E-state index in [2.05, 4.69) is 0 Å². The molecule has 0 saturated carbocycles. The van der Waals surface area contributed by atoms with Crippen molar-refractivity contribution in [2.45, 2.75) is 6.54 Å². The summed E-state index contributed by atoms with van der Waals surface area (Å²) in [6.45, 7) is 0.488. The summed E-state index contributed by atoms with van der Waals surface area (Å²) in [5.41, 5.74) is 1.48. The lowest BCUT2D eigenvalue weighted by atomic mass is 10.2. The van der Waals surface area contributed by atoms with Gasteiger partial charge in [-0.05, 0) is 17.7 Å². The van der Waals surface area contributed by atoms with E-state index in [1.165, 1.54) is 24.5 Å². The summed E-state index contributed by atoms with van der Waals surface area (Å²) in [5.74, 6) is -0.129. The molecule has 0 unspecified atom stereocenters. The van der Waals surface area contributed by atoms with Gasteiger partial charge in [-0.2, -0.15) is 4.73 Å². The molecule has 0 N–H and O–H groups in total. The molecule has 0 atom stereocenters. The van der Waals surface area contributed by atoms with Crippen molar-refractivity contribution in [2.24, 2.45) is 0 Å². The van der Waals surface area contributed by atoms with Crippen molar-refractivity contribution >= 4 is 17.5 Å². The topological polar surface area (TPSA) is 47.2 Å². The number of halogens is 1. The summed E-state index contributed by atoms with van der Waals surface area (Å²) in [6.07, 6.45) is 2.62. The Morgan fingerprint density at radius 3 is 2.37 bits per heavy atom. The molecular weight excluding hydrogens is 264 g/mol. The maximum atomic E-state index is 12.1. The van der Waals surface area contributed by atoms with Crippen LogP contribution in [-0.4, -0.2) is 17.9 Å². The highest BCUT2D eigenvalue weighted by Crippen LogP contribution is 2.12. The first-order valence-corrected chi connectivity index (χ1v) is 6.13. The molecule has 0 aliphatic heterocycles. The van der Waals surface area contributed by atoms with Gasteiger partial charge in [-0.3, -0.25) is 4.79 Å². The Balaban J connectivity index is 2.07. The summed E-state index contributed by atoms with van der Waals surface area (Å²) < 4.78 is 0.649. The normalized spacial score (nSPS) is 10.2. The quantitative estimate of drug-likeness (QED) is 0.638. The Hall–Kier alpha value is -2.07. The van der Waals surface area contributed by atoms with Gasteiger partial charge in [0.2, 0.25) is 0 Å². The second-order valence-electron chi connectivity index (χ2n) is 4.23. The molecule has 0 bridgehead atoms. The molecule has 0 aliphatic rings. The molecule has 1 amide bonds. The van der Waals surface area contributed by atoms with Crippen molar-refractivity contribution in [1.29, 1.82) is 0 Å². The molecule has 2 aromatic rings. The molecule has 1 heterocycles. The van der Waals surface area contributed by atoms with E-state index in [4.69, 9.17) is 11.6 Å². The van der Waals surface area contributed by atoms with Crippen molar-refractivity contribution in [3.63, 3.8) is 0 Å². The summed E-state index contributed by atoms with van der Waals surface area (Å²) in [5, 5.41) is 11.6. The van der Waals surface area contributed by atoms with Crippen LogP contribution in [-0.2, 0) is 6.54 Å². The van der Waals surface area contributed by atoms with Gasteiger partial charge >= 0.3 is 0 Å². The number of aromatic nitrogens is 1. The van der Waals surface area contributed by atoms with Crippen LogP contribution in [0.2, 0.25) is 5.02 Å². The van der Waals surface area contributed by atoms with Crippen LogP contribution in [0, 0.1) is 5.21 Å². The summed E-state index contributed by atoms with van der Waals surface area (Å²) in [7, 11) is 1.72. The molecule has 0 radical (unpaired) electrons. The largest absolute Gasteiger partial charge is 0.619 e. The molecular formula is C14H13ClN2O2. The fourth-order valence-electron chi connectivity index (χ4n) is 1.71. The van der Waals surface area contributed by atoms with Crippen molar-refractivity contribution in [1.82, 2.24) is 4.90 Å². The van der Waals surface area contributed by atoms with Gasteiger partial charge in [0.25, 0.3) is 5.91 Å². The average molecular weight is 277 g/mol. The number of hydrogen-bond acceptors (Lipinski definition) is 2. The van der Waals surface area contributed by atoms with E-state index in [1.807, 2.05) is 12.1 Å². The zero-order chi connectivity index (χ0) is 13.8. The third kappa shape index (κ3) is 3.45. The SMILES string of the molecule is CN(Cc1ccc(Cl)cc1)C(=O)c1cc[n+]([O-])cc1. The highest BCUT2D eigenvalue weighted by atomic mass is 35.5. The average Bonchev–Trinajstić information content (AvgIpc) is 2.41. The molecule has 0 fully saturated rings. The first kappa shape index (κ1) is 13.4. The Kier molecular flexibility index (Phi) is 4.02.